The number of nitrogens with one attached hydrogen (secondary N) is 1. The maximum atomic E-state index is 9.42. The minimum atomic E-state index is 0.180. The van der Waals surface area contributed by atoms with Crippen LogP contribution < -0.4 is 10.1 Å². The Morgan fingerprint density at radius 2 is 2.06 bits per heavy atom. The molecule has 0 spiro atoms. The summed E-state index contributed by atoms with van der Waals surface area (Å²) in [5, 5.41) is 12.4. The SMILES string of the molecule is CNc1cc(OC)nc(-c2cccc(O)c2)n1. The Hall–Kier alpha value is -2.30. The van der Waals surface area contributed by atoms with Crippen LogP contribution in [0.2, 0.25) is 0 Å². The van der Waals surface area contributed by atoms with Gasteiger partial charge in [-0.1, -0.05) is 12.1 Å². The lowest BCUT2D eigenvalue weighted by atomic mass is 10.2. The second-order valence-electron chi connectivity index (χ2n) is 3.42. The van der Waals surface area contributed by atoms with Crippen LogP contribution in [0.5, 0.6) is 11.6 Å². The van der Waals surface area contributed by atoms with Gasteiger partial charge < -0.3 is 15.2 Å². The molecule has 2 rings (SSSR count). The third-order valence-electron chi connectivity index (χ3n) is 2.27. The summed E-state index contributed by atoms with van der Waals surface area (Å²) in [6.45, 7) is 0. The largest absolute Gasteiger partial charge is 0.508 e. The van der Waals surface area contributed by atoms with E-state index >= 15 is 0 Å². The number of methoxy groups -OCH3 is 1. The first kappa shape index (κ1) is 11.2. The zero-order valence-corrected chi connectivity index (χ0v) is 9.64. The normalized spacial score (nSPS) is 10.0. The Labute approximate surface area is 99.1 Å². The summed E-state index contributed by atoms with van der Waals surface area (Å²) in [5.74, 6) is 1.82. The molecule has 88 valence electrons. The van der Waals surface area contributed by atoms with E-state index in [9.17, 15) is 5.11 Å². The molecule has 17 heavy (non-hydrogen) atoms. The number of rotatable bonds is 3. The molecule has 0 bridgehead atoms. The van der Waals surface area contributed by atoms with E-state index in [2.05, 4.69) is 15.3 Å². The molecule has 0 saturated carbocycles. The van der Waals surface area contributed by atoms with Crippen molar-refractivity contribution < 1.29 is 9.84 Å². The minimum absolute atomic E-state index is 0.180. The van der Waals surface area contributed by atoms with Crippen molar-refractivity contribution in [2.24, 2.45) is 0 Å². The lowest BCUT2D eigenvalue weighted by Crippen LogP contribution is -1.99. The molecule has 1 heterocycles. The zero-order valence-electron chi connectivity index (χ0n) is 9.64. The Balaban J connectivity index is 2.50. The standard InChI is InChI=1S/C12H13N3O2/c1-13-10-7-11(17-2)15-12(14-10)8-4-3-5-9(16)6-8/h3-7,16H,1-2H3,(H,13,14,15). The summed E-state index contributed by atoms with van der Waals surface area (Å²) in [4.78, 5) is 8.52. The highest BCUT2D eigenvalue weighted by Crippen LogP contribution is 2.23. The van der Waals surface area contributed by atoms with E-state index < -0.39 is 0 Å². The van der Waals surface area contributed by atoms with Crippen LogP contribution in [0.15, 0.2) is 30.3 Å². The van der Waals surface area contributed by atoms with Gasteiger partial charge in [-0.2, -0.15) is 4.98 Å². The highest BCUT2D eigenvalue weighted by molar-refractivity contribution is 5.60. The fourth-order valence-corrected chi connectivity index (χ4v) is 1.43. The topological polar surface area (TPSA) is 67.3 Å². The van der Waals surface area contributed by atoms with E-state index in [1.54, 1.807) is 38.4 Å². The monoisotopic (exact) mass is 231 g/mol. The summed E-state index contributed by atoms with van der Waals surface area (Å²) in [7, 11) is 3.32. The second kappa shape index (κ2) is 4.69. The van der Waals surface area contributed by atoms with Crippen LogP contribution >= 0.6 is 0 Å². The van der Waals surface area contributed by atoms with Crippen LogP contribution in [0.25, 0.3) is 11.4 Å². The Morgan fingerprint density at radius 1 is 1.24 bits per heavy atom. The van der Waals surface area contributed by atoms with E-state index in [0.717, 1.165) is 5.56 Å². The first-order valence-corrected chi connectivity index (χ1v) is 5.13. The predicted octanol–water partition coefficient (Wildman–Crippen LogP) is 1.90. The minimum Gasteiger partial charge on any atom is -0.508 e. The smallest absolute Gasteiger partial charge is 0.218 e. The summed E-state index contributed by atoms with van der Waals surface area (Å²) >= 11 is 0. The number of hydrogen-bond donors (Lipinski definition) is 2. The van der Waals surface area contributed by atoms with Crippen molar-refractivity contribution in [1.82, 2.24) is 9.97 Å². The van der Waals surface area contributed by atoms with Crippen molar-refractivity contribution in [3.05, 3.63) is 30.3 Å². The van der Waals surface area contributed by atoms with E-state index in [1.165, 1.54) is 0 Å². The molecule has 2 aromatic rings. The van der Waals surface area contributed by atoms with Crippen molar-refractivity contribution in [3.8, 4) is 23.0 Å². The molecule has 0 saturated heterocycles. The summed E-state index contributed by atoms with van der Waals surface area (Å²) < 4.78 is 5.10. The van der Waals surface area contributed by atoms with Gasteiger partial charge in [0.2, 0.25) is 5.88 Å². The second-order valence-corrected chi connectivity index (χ2v) is 3.42. The number of benzene rings is 1. The van der Waals surface area contributed by atoms with Crippen molar-refractivity contribution in [3.63, 3.8) is 0 Å². The molecule has 0 radical (unpaired) electrons. The third kappa shape index (κ3) is 2.44. The fourth-order valence-electron chi connectivity index (χ4n) is 1.43. The van der Waals surface area contributed by atoms with Crippen molar-refractivity contribution in [2.75, 3.05) is 19.5 Å². The Bertz CT molecular complexity index is 507. The van der Waals surface area contributed by atoms with Crippen molar-refractivity contribution >= 4 is 5.82 Å². The van der Waals surface area contributed by atoms with E-state index in [0.29, 0.717) is 17.5 Å². The predicted molar refractivity (Wildman–Crippen MR) is 65.2 cm³/mol. The molecule has 0 fully saturated rings. The zero-order chi connectivity index (χ0) is 12.3. The molecule has 5 heteroatoms. The number of aromatic hydroxyl groups is 1. The quantitative estimate of drug-likeness (QED) is 0.844. The van der Waals surface area contributed by atoms with E-state index in [1.807, 2.05) is 6.07 Å². The highest BCUT2D eigenvalue weighted by atomic mass is 16.5. The lowest BCUT2D eigenvalue weighted by molar-refractivity contribution is 0.398. The van der Waals surface area contributed by atoms with E-state index in [-0.39, 0.29) is 5.75 Å². The molecule has 0 aliphatic rings. The molecular formula is C12H13N3O2. The molecule has 1 aromatic heterocycles. The van der Waals surface area contributed by atoms with Gasteiger partial charge in [0.05, 0.1) is 7.11 Å². The molecule has 0 amide bonds. The molecule has 5 nitrogen and oxygen atoms in total. The summed E-state index contributed by atoms with van der Waals surface area (Å²) in [6.07, 6.45) is 0. The van der Waals surface area contributed by atoms with Gasteiger partial charge in [0, 0.05) is 18.7 Å². The Kier molecular flexibility index (Phi) is 3.09. The van der Waals surface area contributed by atoms with Crippen LogP contribution in [0.4, 0.5) is 5.82 Å². The molecule has 0 aliphatic heterocycles. The number of hydrogen-bond acceptors (Lipinski definition) is 5. The summed E-state index contributed by atoms with van der Waals surface area (Å²) in [6, 6.07) is 8.48. The highest BCUT2D eigenvalue weighted by Gasteiger charge is 2.06. The van der Waals surface area contributed by atoms with Gasteiger partial charge in [-0.15, -0.1) is 0 Å². The number of aromatic nitrogens is 2. The van der Waals surface area contributed by atoms with Crippen LogP contribution in [0.1, 0.15) is 0 Å². The molecule has 0 aliphatic carbocycles. The maximum absolute atomic E-state index is 9.42. The van der Waals surface area contributed by atoms with Gasteiger partial charge in [0.15, 0.2) is 5.82 Å². The Morgan fingerprint density at radius 3 is 2.71 bits per heavy atom. The van der Waals surface area contributed by atoms with Gasteiger partial charge >= 0.3 is 0 Å². The van der Waals surface area contributed by atoms with Gasteiger partial charge in [-0.25, -0.2) is 4.98 Å². The molecule has 0 atom stereocenters. The van der Waals surface area contributed by atoms with E-state index in [4.69, 9.17) is 4.74 Å². The number of phenols is 1. The van der Waals surface area contributed by atoms with Crippen LogP contribution in [0.3, 0.4) is 0 Å². The first-order chi connectivity index (χ1) is 8.22. The van der Waals surface area contributed by atoms with Crippen molar-refractivity contribution in [1.29, 1.82) is 0 Å². The van der Waals surface area contributed by atoms with Gasteiger partial charge in [0.25, 0.3) is 0 Å². The lowest BCUT2D eigenvalue weighted by Gasteiger charge is -2.07. The van der Waals surface area contributed by atoms with Crippen LogP contribution in [-0.4, -0.2) is 29.2 Å². The molecule has 0 unspecified atom stereocenters. The maximum Gasteiger partial charge on any atom is 0.218 e. The number of phenolic OH excluding ortho intramolecular Hbond substituents is 1. The fraction of sp³-hybridized carbons (Fsp3) is 0.167. The van der Waals surface area contributed by atoms with Gasteiger partial charge in [-0.05, 0) is 12.1 Å². The van der Waals surface area contributed by atoms with Crippen molar-refractivity contribution in [2.45, 2.75) is 0 Å². The number of nitrogens with zero attached hydrogens (tertiary/aromatic N) is 2. The number of anilines is 1. The van der Waals surface area contributed by atoms with Crippen LogP contribution in [0, 0.1) is 0 Å². The first-order valence-electron chi connectivity index (χ1n) is 5.13. The van der Waals surface area contributed by atoms with Crippen LogP contribution in [-0.2, 0) is 0 Å². The molecule has 2 N–H and O–H groups in total. The third-order valence-corrected chi connectivity index (χ3v) is 2.27. The average molecular weight is 231 g/mol. The summed E-state index contributed by atoms with van der Waals surface area (Å²) in [5.41, 5.74) is 0.736. The molecule has 1 aromatic carbocycles. The number of ether oxygens (including phenoxy) is 1. The molecular weight excluding hydrogens is 218 g/mol. The average Bonchev–Trinajstić information content (AvgIpc) is 2.38. The van der Waals surface area contributed by atoms with Gasteiger partial charge in [0.1, 0.15) is 11.6 Å². The van der Waals surface area contributed by atoms with Gasteiger partial charge in [-0.3, -0.25) is 0 Å².